The number of pyridine rings is 1. The molecule has 0 radical (unpaired) electrons. The van der Waals surface area contributed by atoms with Crippen molar-refractivity contribution >= 4 is 32.8 Å². The lowest BCUT2D eigenvalue weighted by Crippen LogP contribution is -1.81. The molecule has 3 aromatic heterocycles. The van der Waals surface area contributed by atoms with Crippen LogP contribution in [0.5, 0.6) is 0 Å². The van der Waals surface area contributed by atoms with E-state index in [1.807, 2.05) is 18.3 Å². The second kappa shape index (κ2) is 3.01. The Kier molecular flexibility index (Phi) is 1.53. The predicted octanol–water partition coefficient (Wildman–Crippen LogP) is 2.66. The molecule has 80 valence electrons. The molecule has 1 aromatic carbocycles. The van der Waals surface area contributed by atoms with Crippen molar-refractivity contribution in [1.82, 2.24) is 19.9 Å². The summed E-state index contributed by atoms with van der Waals surface area (Å²) in [5.41, 5.74) is 2.86. The van der Waals surface area contributed by atoms with Crippen LogP contribution in [0, 0.1) is 0 Å². The van der Waals surface area contributed by atoms with Crippen molar-refractivity contribution < 1.29 is 0 Å². The Bertz CT molecular complexity index is 848. The van der Waals surface area contributed by atoms with E-state index < -0.39 is 0 Å². The summed E-state index contributed by atoms with van der Waals surface area (Å²) in [4.78, 5) is 16.0. The van der Waals surface area contributed by atoms with E-state index in [1.54, 1.807) is 12.5 Å². The normalized spacial score (nSPS) is 11.5. The molecule has 0 spiro atoms. The van der Waals surface area contributed by atoms with Gasteiger partial charge in [0.2, 0.25) is 0 Å². The number of nitrogens with zero attached hydrogens (tertiary/aromatic N) is 3. The van der Waals surface area contributed by atoms with Crippen LogP contribution < -0.4 is 0 Å². The Morgan fingerprint density at radius 1 is 1.00 bits per heavy atom. The van der Waals surface area contributed by atoms with Crippen LogP contribution >= 0.6 is 0 Å². The van der Waals surface area contributed by atoms with Crippen LogP contribution in [0.1, 0.15) is 0 Å². The molecule has 0 amide bonds. The second-order valence-electron chi connectivity index (χ2n) is 3.97. The molecule has 1 N–H and O–H groups in total. The fraction of sp³-hybridized carbons (Fsp3) is 0. The molecule has 0 saturated carbocycles. The molecule has 0 fully saturated rings. The average molecular weight is 220 g/mol. The summed E-state index contributed by atoms with van der Waals surface area (Å²) in [6.45, 7) is 0. The van der Waals surface area contributed by atoms with Gasteiger partial charge in [0, 0.05) is 28.6 Å². The molecule has 4 heteroatoms. The third kappa shape index (κ3) is 1.09. The van der Waals surface area contributed by atoms with E-state index in [0.29, 0.717) is 0 Å². The number of H-pyrrole nitrogens is 1. The smallest absolute Gasteiger partial charge is 0.138 e. The third-order valence-electron chi connectivity index (χ3n) is 3.02. The second-order valence-corrected chi connectivity index (χ2v) is 3.97. The molecule has 0 aliphatic carbocycles. The summed E-state index contributed by atoms with van der Waals surface area (Å²) < 4.78 is 0. The molecule has 0 bridgehead atoms. The largest absolute Gasteiger partial charge is 0.337 e. The highest BCUT2D eigenvalue weighted by Gasteiger charge is 2.08. The maximum absolute atomic E-state index is 4.33. The summed E-state index contributed by atoms with van der Waals surface area (Å²) >= 11 is 0. The number of benzene rings is 1. The predicted molar refractivity (Wildman–Crippen MR) is 66.7 cm³/mol. The highest BCUT2D eigenvalue weighted by atomic mass is 14.9. The van der Waals surface area contributed by atoms with E-state index in [2.05, 4.69) is 32.1 Å². The zero-order valence-corrected chi connectivity index (χ0v) is 8.88. The fourth-order valence-corrected chi connectivity index (χ4v) is 2.25. The number of aromatic nitrogens is 4. The van der Waals surface area contributed by atoms with Crippen LogP contribution in [0.2, 0.25) is 0 Å². The van der Waals surface area contributed by atoms with Gasteiger partial charge < -0.3 is 4.98 Å². The van der Waals surface area contributed by atoms with E-state index in [9.17, 15) is 0 Å². The van der Waals surface area contributed by atoms with Gasteiger partial charge in [-0.25, -0.2) is 15.0 Å². The molecule has 0 aliphatic heterocycles. The van der Waals surface area contributed by atoms with Crippen molar-refractivity contribution in [1.29, 1.82) is 0 Å². The fourth-order valence-electron chi connectivity index (χ4n) is 2.25. The minimum atomic E-state index is 0.897. The zero-order valence-electron chi connectivity index (χ0n) is 8.88. The van der Waals surface area contributed by atoms with Gasteiger partial charge in [-0.15, -0.1) is 0 Å². The lowest BCUT2D eigenvalue weighted by atomic mass is 10.1. The maximum atomic E-state index is 4.33. The summed E-state index contributed by atoms with van der Waals surface area (Å²) in [6, 6.07) is 8.13. The first-order chi connectivity index (χ1) is 8.43. The topological polar surface area (TPSA) is 54.5 Å². The standard InChI is InChI=1S/C13H8N4/c1-2-10-9-4-3-8-6-14-7-16-11(8)12(9)17-13(10)15-5-1/h1-7H,(H,15,17). The Morgan fingerprint density at radius 3 is 3.00 bits per heavy atom. The monoisotopic (exact) mass is 220 g/mol. The van der Waals surface area contributed by atoms with Gasteiger partial charge in [0.15, 0.2) is 0 Å². The third-order valence-corrected chi connectivity index (χ3v) is 3.02. The van der Waals surface area contributed by atoms with Gasteiger partial charge in [0.05, 0.1) is 11.0 Å². The molecule has 17 heavy (non-hydrogen) atoms. The molecule has 0 aliphatic rings. The SMILES string of the molecule is c1cnc2[nH]c3c(ccc4cncnc43)c2c1. The molecule has 0 unspecified atom stereocenters. The average Bonchev–Trinajstić information content (AvgIpc) is 2.78. The Labute approximate surface area is 96.3 Å². The lowest BCUT2D eigenvalue weighted by Gasteiger charge is -1.96. The molecule has 0 saturated heterocycles. The Morgan fingerprint density at radius 2 is 2.00 bits per heavy atom. The Hall–Kier alpha value is -2.49. The molecule has 0 atom stereocenters. The van der Waals surface area contributed by atoms with Gasteiger partial charge in [-0.2, -0.15) is 0 Å². The molecule has 4 aromatic rings. The number of fused-ring (bicyclic) bond motifs is 5. The molecular formula is C13H8N4. The van der Waals surface area contributed by atoms with Gasteiger partial charge in [-0.3, -0.25) is 0 Å². The lowest BCUT2D eigenvalue weighted by molar-refractivity contribution is 1.22. The number of hydrogen-bond acceptors (Lipinski definition) is 3. The first-order valence-electron chi connectivity index (χ1n) is 5.38. The number of aromatic amines is 1. The minimum Gasteiger partial charge on any atom is -0.337 e. The van der Waals surface area contributed by atoms with E-state index in [-0.39, 0.29) is 0 Å². The van der Waals surface area contributed by atoms with Crippen molar-refractivity contribution in [3.8, 4) is 0 Å². The minimum absolute atomic E-state index is 0.897. The Balaban J connectivity index is 2.34. The van der Waals surface area contributed by atoms with Crippen LogP contribution in [0.25, 0.3) is 32.8 Å². The van der Waals surface area contributed by atoms with Gasteiger partial charge in [0.25, 0.3) is 0 Å². The van der Waals surface area contributed by atoms with Gasteiger partial charge in [0.1, 0.15) is 12.0 Å². The number of rotatable bonds is 0. The van der Waals surface area contributed by atoms with Crippen molar-refractivity contribution in [3.05, 3.63) is 43.0 Å². The van der Waals surface area contributed by atoms with Crippen LogP contribution in [0.3, 0.4) is 0 Å². The van der Waals surface area contributed by atoms with Crippen molar-refractivity contribution in [2.24, 2.45) is 0 Å². The van der Waals surface area contributed by atoms with Gasteiger partial charge in [-0.05, 0) is 12.1 Å². The first-order valence-corrected chi connectivity index (χ1v) is 5.38. The quantitative estimate of drug-likeness (QED) is 0.495. The van der Waals surface area contributed by atoms with Crippen LogP contribution in [0.15, 0.2) is 43.0 Å². The van der Waals surface area contributed by atoms with Crippen molar-refractivity contribution in [2.45, 2.75) is 0 Å². The molecule has 3 heterocycles. The highest BCUT2D eigenvalue weighted by Crippen LogP contribution is 2.28. The molecule has 4 rings (SSSR count). The van der Waals surface area contributed by atoms with Gasteiger partial charge in [-0.1, -0.05) is 12.1 Å². The summed E-state index contributed by atoms with van der Waals surface area (Å²) in [5.74, 6) is 0. The van der Waals surface area contributed by atoms with Crippen LogP contribution in [-0.2, 0) is 0 Å². The number of hydrogen-bond donors (Lipinski definition) is 1. The summed E-state index contributed by atoms with van der Waals surface area (Å²) in [7, 11) is 0. The van der Waals surface area contributed by atoms with Crippen LogP contribution in [-0.4, -0.2) is 19.9 Å². The van der Waals surface area contributed by atoms with E-state index in [0.717, 1.165) is 32.8 Å². The highest BCUT2D eigenvalue weighted by molar-refractivity contribution is 6.14. The van der Waals surface area contributed by atoms with Crippen molar-refractivity contribution in [2.75, 3.05) is 0 Å². The molecular weight excluding hydrogens is 212 g/mol. The molecule has 4 nitrogen and oxygen atoms in total. The first kappa shape index (κ1) is 8.64. The maximum Gasteiger partial charge on any atom is 0.138 e. The van der Waals surface area contributed by atoms with Crippen molar-refractivity contribution in [3.63, 3.8) is 0 Å². The summed E-state index contributed by atoms with van der Waals surface area (Å²) in [6.07, 6.45) is 5.18. The van der Waals surface area contributed by atoms with E-state index in [4.69, 9.17) is 0 Å². The summed E-state index contributed by atoms with van der Waals surface area (Å²) in [5, 5.41) is 3.31. The van der Waals surface area contributed by atoms with Gasteiger partial charge >= 0.3 is 0 Å². The number of nitrogens with one attached hydrogen (secondary N) is 1. The zero-order chi connectivity index (χ0) is 11.2. The van der Waals surface area contributed by atoms with E-state index >= 15 is 0 Å². The van der Waals surface area contributed by atoms with Crippen LogP contribution in [0.4, 0.5) is 0 Å². The van der Waals surface area contributed by atoms with E-state index in [1.165, 1.54) is 0 Å².